The minimum absolute atomic E-state index is 0.0410. The molecule has 4 aliphatic carbocycles. The van der Waals surface area contributed by atoms with E-state index in [0.717, 1.165) is 32.1 Å². The fraction of sp³-hybridized carbons (Fsp3) is 0.826. The molecule has 3 nitrogen and oxygen atoms in total. The molecule has 0 heterocycles. The summed E-state index contributed by atoms with van der Waals surface area (Å²) in [5, 5.41) is 0. The van der Waals surface area contributed by atoms with Gasteiger partial charge in [0.05, 0.1) is 5.75 Å². The Kier molecular flexibility index (Phi) is 4.61. The van der Waals surface area contributed by atoms with E-state index in [-0.39, 0.29) is 34.2 Å². The van der Waals surface area contributed by atoms with Gasteiger partial charge in [-0.2, -0.15) is 11.8 Å². The number of allylic oxidation sites excluding steroid dienone is 1. The van der Waals surface area contributed by atoms with Gasteiger partial charge in [-0.25, -0.2) is 0 Å². The van der Waals surface area contributed by atoms with E-state index in [9.17, 15) is 9.59 Å². The van der Waals surface area contributed by atoms with Crippen molar-refractivity contribution < 1.29 is 14.3 Å². The molecule has 2 unspecified atom stereocenters. The largest absolute Gasteiger partial charge is 0.461 e. The Morgan fingerprint density at radius 3 is 2.74 bits per heavy atom. The third-order valence-corrected chi connectivity index (χ3v) is 9.88. The molecule has 4 fully saturated rings. The summed E-state index contributed by atoms with van der Waals surface area (Å²) in [6.07, 6.45) is 9.88. The molecule has 0 N–H and O–H groups in total. The molecular formula is C23H34O3S. The number of Topliss-reactive ketones (excluding diaryl/α,β-unsaturated/α-hetero) is 1. The number of ether oxygens (including phenoxy) is 1. The average Bonchev–Trinajstić information content (AvgIpc) is 3.24. The monoisotopic (exact) mass is 390 g/mol. The van der Waals surface area contributed by atoms with Crippen LogP contribution in [0.25, 0.3) is 0 Å². The van der Waals surface area contributed by atoms with Crippen LogP contribution < -0.4 is 0 Å². The summed E-state index contributed by atoms with van der Waals surface area (Å²) in [6.45, 7) is 11.1. The number of hydrogen-bond acceptors (Lipinski definition) is 4. The Labute approximate surface area is 168 Å². The number of esters is 1. The highest BCUT2D eigenvalue weighted by atomic mass is 32.2. The van der Waals surface area contributed by atoms with Crippen LogP contribution in [0.4, 0.5) is 0 Å². The molecule has 0 amide bonds. The van der Waals surface area contributed by atoms with Gasteiger partial charge in [0.2, 0.25) is 0 Å². The highest BCUT2D eigenvalue weighted by Gasteiger charge is 2.72. The van der Waals surface area contributed by atoms with Crippen molar-refractivity contribution in [2.75, 3.05) is 12.0 Å². The molecule has 2 bridgehead atoms. The van der Waals surface area contributed by atoms with Crippen LogP contribution in [0.5, 0.6) is 0 Å². The molecule has 4 heteroatoms. The van der Waals surface area contributed by atoms with E-state index in [0.29, 0.717) is 35.7 Å². The van der Waals surface area contributed by atoms with E-state index in [1.54, 1.807) is 0 Å². The maximum absolute atomic E-state index is 13.2. The van der Waals surface area contributed by atoms with Crippen LogP contribution in [0.3, 0.4) is 0 Å². The molecule has 0 radical (unpaired) electrons. The minimum atomic E-state index is -0.266. The first-order valence-electron chi connectivity index (χ1n) is 10.6. The van der Waals surface area contributed by atoms with Crippen molar-refractivity contribution >= 4 is 23.5 Å². The number of carbonyl (C=O) groups is 2. The average molecular weight is 391 g/mol. The Hall–Kier alpha value is -0.770. The van der Waals surface area contributed by atoms with Gasteiger partial charge in [0.25, 0.3) is 0 Å². The number of ketones is 1. The Morgan fingerprint density at radius 1 is 1.33 bits per heavy atom. The van der Waals surface area contributed by atoms with Gasteiger partial charge in [0.15, 0.2) is 0 Å². The highest BCUT2D eigenvalue weighted by Crippen LogP contribution is 2.74. The lowest BCUT2D eigenvalue weighted by atomic mass is 9.45. The molecule has 150 valence electrons. The number of carbonyl (C=O) groups excluding carboxylic acids is 2. The Balaban J connectivity index is 1.82. The lowest BCUT2D eigenvalue weighted by Gasteiger charge is -2.59. The quantitative estimate of drug-likeness (QED) is 0.506. The second kappa shape index (κ2) is 6.37. The van der Waals surface area contributed by atoms with Gasteiger partial charge in [0.1, 0.15) is 11.9 Å². The summed E-state index contributed by atoms with van der Waals surface area (Å²) < 4.78 is 6.18. The Bertz CT molecular complexity index is 675. The van der Waals surface area contributed by atoms with Crippen LogP contribution >= 0.6 is 11.8 Å². The van der Waals surface area contributed by atoms with E-state index in [2.05, 4.69) is 33.4 Å². The van der Waals surface area contributed by atoms with Gasteiger partial charge in [0, 0.05) is 17.8 Å². The maximum Gasteiger partial charge on any atom is 0.316 e. The third kappa shape index (κ3) is 2.54. The number of hydrogen-bond donors (Lipinski definition) is 0. The van der Waals surface area contributed by atoms with Crippen molar-refractivity contribution in [3.8, 4) is 0 Å². The summed E-state index contributed by atoms with van der Waals surface area (Å²) in [4.78, 5) is 25.8. The summed E-state index contributed by atoms with van der Waals surface area (Å²) in [5.41, 5.74) is -0.0816. The van der Waals surface area contributed by atoms with E-state index < -0.39 is 0 Å². The van der Waals surface area contributed by atoms with Gasteiger partial charge < -0.3 is 4.74 Å². The first-order chi connectivity index (χ1) is 12.7. The first kappa shape index (κ1) is 19.5. The molecule has 4 rings (SSSR count). The maximum atomic E-state index is 13.2. The second-order valence-corrected chi connectivity index (χ2v) is 11.0. The lowest BCUT2D eigenvalue weighted by Crippen LogP contribution is -2.59. The predicted octanol–water partition coefficient (Wildman–Crippen LogP) is 4.90. The molecule has 0 aliphatic heterocycles. The van der Waals surface area contributed by atoms with Crippen LogP contribution in [0.15, 0.2) is 12.7 Å². The number of fused-ring (bicyclic) bond motifs is 1. The topological polar surface area (TPSA) is 43.4 Å². The van der Waals surface area contributed by atoms with E-state index >= 15 is 0 Å². The Morgan fingerprint density at radius 2 is 2.07 bits per heavy atom. The third-order valence-electron chi connectivity index (χ3n) is 9.35. The molecule has 0 aromatic heterocycles. The van der Waals surface area contributed by atoms with Crippen LogP contribution in [0.2, 0.25) is 0 Å². The van der Waals surface area contributed by atoms with Crippen molar-refractivity contribution in [1.29, 1.82) is 0 Å². The zero-order chi connectivity index (χ0) is 19.6. The zero-order valence-electron chi connectivity index (χ0n) is 17.3. The molecule has 4 saturated carbocycles. The molecule has 0 saturated heterocycles. The highest BCUT2D eigenvalue weighted by molar-refractivity contribution is 7.99. The number of rotatable bonds is 4. The smallest absolute Gasteiger partial charge is 0.316 e. The predicted molar refractivity (Wildman–Crippen MR) is 109 cm³/mol. The van der Waals surface area contributed by atoms with Crippen LogP contribution in [-0.4, -0.2) is 29.9 Å². The van der Waals surface area contributed by atoms with E-state index in [1.165, 1.54) is 11.8 Å². The van der Waals surface area contributed by atoms with Crippen LogP contribution in [0, 0.1) is 39.9 Å². The molecule has 27 heavy (non-hydrogen) atoms. The molecule has 8 atom stereocenters. The fourth-order valence-electron chi connectivity index (χ4n) is 7.53. The second-order valence-electron chi connectivity index (χ2n) is 10.1. The van der Waals surface area contributed by atoms with Gasteiger partial charge >= 0.3 is 5.97 Å². The van der Waals surface area contributed by atoms with Crippen LogP contribution in [-0.2, 0) is 14.3 Å². The van der Waals surface area contributed by atoms with Crippen molar-refractivity contribution in [3.05, 3.63) is 12.7 Å². The molecule has 0 spiro atoms. The van der Waals surface area contributed by atoms with Gasteiger partial charge in [-0.1, -0.05) is 26.8 Å². The van der Waals surface area contributed by atoms with Crippen molar-refractivity contribution in [2.24, 2.45) is 39.9 Å². The SMILES string of the molecule is C=C[C@@]12C[C@H]1[C@H](C)[C@]13CCC(=O)C1[C@@](C)(C(C)CC3)[C@H](OC(=O)CSC)C2. The summed E-state index contributed by atoms with van der Waals surface area (Å²) >= 11 is 1.50. The fourth-order valence-corrected chi connectivity index (χ4v) is 7.83. The summed E-state index contributed by atoms with van der Waals surface area (Å²) in [5.74, 6) is 2.23. The first-order valence-corrected chi connectivity index (χ1v) is 12.0. The standard InChI is InChI=1S/C23H34O3S/c1-6-22-11-16(22)15(3)23-9-7-14(2)21(4,20(23)17(24)8-10-23)18(12-22)26-19(25)13-27-5/h6,14-16,18,20H,1,7-13H2,2-5H3/t14?,15-,16-,18+,20?,21-,22-,23-/m0/s1. The minimum Gasteiger partial charge on any atom is -0.461 e. The van der Waals surface area contributed by atoms with E-state index in [1.807, 2.05) is 6.26 Å². The van der Waals surface area contributed by atoms with Crippen LogP contribution in [0.1, 0.15) is 59.3 Å². The van der Waals surface area contributed by atoms with Crippen molar-refractivity contribution in [1.82, 2.24) is 0 Å². The van der Waals surface area contributed by atoms with Gasteiger partial charge in [-0.15, -0.1) is 6.58 Å². The molecule has 4 aliphatic rings. The van der Waals surface area contributed by atoms with Gasteiger partial charge in [-0.05, 0) is 66.9 Å². The number of thioether (sulfide) groups is 1. The van der Waals surface area contributed by atoms with Crippen molar-refractivity contribution in [3.63, 3.8) is 0 Å². The lowest BCUT2D eigenvalue weighted by molar-refractivity contribution is -0.186. The van der Waals surface area contributed by atoms with Crippen molar-refractivity contribution in [2.45, 2.75) is 65.4 Å². The normalized spacial score (nSPS) is 50.8. The molecule has 0 aromatic rings. The summed E-state index contributed by atoms with van der Waals surface area (Å²) in [7, 11) is 0. The summed E-state index contributed by atoms with van der Waals surface area (Å²) in [6, 6.07) is 0. The zero-order valence-corrected chi connectivity index (χ0v) is 18.1. The van der Waals surface area contributed by atoms with Gasteiger partial charge in [-0.3, -0.25) is 9.59 Å². The molecular weight excluding hydrogens is 356 g/mol. The molecule has 0 aromatic carbocycles. The van der Waals surface area contributed by atoms with E-state index in [4.69, 9.17) is 4.74 Å².